The summed E-state index contributed by atoms with van der Waals surface area (Å²) in [6.07, 6.45) is 3.03. The minimum absolute atomic E-state index is 0.173. The monoisotopic (exact) mass is 376 g/mol. The molecule has 0 bridgehead atoms. The van der Waals surface area contributed by atoms with Crippen molar-refractivity contribution in [3.8, 4) is 0 Å². The molecule has 0 saturated carbocycles. The summed E-state index contributed by atoms with van der Waals surface area (Å²) in [4.78, 5) is 11.9. The number of amides is 1. The van der Waals surface area contributed by atoms with Crippen molar-refractivity contribution in [1.29, 1.82) is 0 Å². The molecule has 0 unspecified atom stereocenters. The molecule has 1 amide bonds. The smallest absolute Gasteiger partial charge is 0.243 e. The Bertz CT molecular complexity index is 558. The maximum Gasteiger partial charge on any atom is 0.243 e. The van der Waals surface area contributed by atoms with E-state index in [1.54, 1.807) is 12.1 Å². The maximum absolute atomic E-state index is 12.3. The molecular weight excluding hydrogens is 356 g/mol. The van der Waals surface area contributed by atoms with Gasteiger partial charge in [0.25, 0.3) is 0 Å². The average Bonchev–Trinajstić information content (AvgIpc) is 2.44. The van der Waals surface area contributed by atoms with E-state index < -0.39 is 10.0 Å². The molecule has 0 atom stereocenters. The van der Waals surface area contributed by atoms with Gasteiger partial charge in [-0.1, -0.05) is 35.7 Å². The zero-order valence-electron chi connectivity index (χ0n) is 12.3. The molecule has 1 aromatic rings. The highest BCUT2D eigenvalue weighted by molar-refractivity contribution is 9.10. The second kappa shape index (κ2) is 8.51. The van der Waals surface area contributed by atoms with Crippen LogP contribution in [-0.4, -0.2) is 38.8 Å². The highest BCUT2D eigenvalue weighted by Crippen LogP contribution is 2.17. The van der Waals surface area contributed by atoms with Gasteiger partial charge < -0.3 is 5.32 Å². The van der Waals surface area contributed by atoms with E-state index in [4.69, 9.17) is 0 Å². The van der Waals surface area contributed by atoms with Crippen molar-refractivity contribution in [2.45, 2.75) is 31.1 Å². The van der Waals surface area contributed by atoms with Gasteiger partial charge in [-0.05, 0) is 30.7 Å². The molecular formula is C14H21BrN2O3S. The van der Waals surface area contributed by atoms with Crippen LogP contribution < -0.4 is 5.32 Å². The molecule has 118 valence electrons. The van der Waals surface area contributed by atoms with Crippen LogP contribution in [0, 0.1) is 0 Å². The van der Waals surface area contributed by atoms with Gasteiger partial charge in [-0.3, -0.25) is 4.79 Å². The normalized spacial score (nSPS) is 11.6. The van der Waals surface area contributed by atoms with Gasteiger partial charge in [0.2, 0.25) is 15.9 Å². The highest BCUT2D eigenvalue weighted by Gasteiger charge is 2.22. The van der Waals surface area contributed by atoms with Gasteiger partial charge in [-0.25, -0.2) is 8.42 Å². The minimum Gasteiger partial charge on any atom is -0.355 e. The Morgan fingerprint density at radius 1 is 1.24 bits per heavy atom. The van der Waals surface area contributed by atoms with Crippen LogP contribution in [0.5, 0.6) is 0 Å². The predicted molar refractivity (Wildman–Crippen MR) is 86.5 cm³/mol. The van der Waals surface area contributed by atoms with E-state index in [1.165, 1.54) is 19.2 Å². The van der Waals surface area contributed by atoms with Crippen LogP contribution in [0.25, 0.3) is 0 Å². The van der Waals surface area contributed by atoms with Crippen molar-refractivity contribution >= 4 is 31.9 Å². The largest absolute Gasteiger partial charge is 0.355 e. The lowest BCUT2D eigenvalue weighted by atomic mass is 10.2. The van der Waals surface area contributed by atoms with Crippen LogP contribution in [0.1, 0.15) is 26.2 Å². The fourth-order valence-electron chi connectivity index (χ4n) is 1.73. The van der Waals surface area contributed by atoms with Gasteiger partial charge >= 0.3 is 0 Å². The summed E-state index contributed by atoms with van der Waals surface area (Å²) < 4.78 is 26.4. The first-order valence-corrected chi connectivity index (χ1v) is 9.10. The Labute approximate surface area is 134 Å². The molecule has 0 aliphatic carbocycles. The van der Waals surface area contributed by atoms with Gasteiger partial charge in [-0.2, -0.15) is 4.31 Å². The number of hydrogen-bond acceptors (Lipinski definition) is 3. The van der Waals surface area contributed by atoms with Crippen LogP contribution in [0.15, 0.2) is 33.6 Å². The molecule has 0 heterocycles. The van der Waals surface area contributed by atoms with E-state index in [2.05, 4.69) is 28.2 Å². The number of unbranched alkanes of at least 4 members (excludes halogenated alkanes) is 2. The second-order valence-electron chi connectivity index (χ2n) is 4.77. The topological polar surface area (TPSA) is 66.5 Å². The first-order chi connectivity index (χ1) is 9.87. The third-order valence-corrected chi connectivity index (χ3v) is 5.34. The molecule has 7 heteroatoms. The van der Waals surface area contributed by atoms with Gasteiger partial charge in [0, 0.05) is 18.1 Å². The minimum atomic E-state index is -3.63. The summed E-state index contributed by atoms with van der Waals surface area (Å²) >= 11 is 3.26. The second-order valence-corrected chi connectivity index (χ2v) is 7.73. The third-order valence-electron chi connectivity index (χ3n) is 2.99. The number of sulfonamides is 1. The number of benzene rings is 1. The standard InChI is InChI=1S/C14H21BrN2O3S/c1-3-4-5-10-16-14(18)11-17(2)21(19,20)13-8-6-12(15)7-9-13/h6-9H,3-5,10-11H2,1-2H3,(H,16,18). The molecule has 0 aliphatic heterocycles. The number of carbonyl (C=O) groups is 1. The van der Waals surface area contributed by atoms with E-state index in [0.717, 1.165) is 28.0 Å². The molecule has 0 aliphatic rings. The van der Waals surface area contributed by atoms with Gasteiger partial charge in [0.15, 0.2) is 0 Å². The lowest BCUT2D eigenvalue weighted by Gasteiger charge is -2.17. The Morgan fingerprint density at radius 3 is 2.43 bits per heavy atom. The predicted octanol–water partition coefficient (Wildman–Crippen LogP) is 2.38. The lowest BCUT2D eigenvalue weighted by Crippen LogP contribution is -2.38. The van der Waals surface area contributed by atoms with E-state index >= 15 is 0 Å². The van der Waals surface area contributed by atoms with Crippen LogP contribution in [0.3, 0.4) is 0 Å². The van der Waals surface area contributed by atoms with Crippen molar-refractivity contribution in [3.05, 3.63) is 28.7 Å². The van der Waals surface area contributed by atoms with Crippen molar-refractivity contribution in [2.24, 2.45) is 0 Å². The van der Waals surface area contributed by atoms with Gasteiger partial charge in [0.1, 0.15) is 0 Å². The summed E-state index contributed by atoms with van der Waals surface area (Å²) in [6.45, 7) is 2.49. The number of carbonyl (C=O) groups excluding carboxylic acids is 1. The summed E-state index contributed by atoms with van der Waals surface area (Å²) in [5.74, 6) is -0.283. The summed E-state index contributed by atoms with van der Waals surface area (Å²) in [5.41, 5.74) is 0. The molecule has 0 spiro atoms. The molecule has 1 N–H and O–H groups in total. The highest BCUT2D eigenvalue weighted by atomic mass is 79.9. The van der Waals surface area contributed by atoms with Gasteiger partial charge in [0.05, 0.1) is 11.4 Å². The van der Waals surface area contributed by atoms with Crippen LogP contribution in [-0.2, 0) is 14.8 Å². The van der Waals surface area contributed by atoms with Crippen LogP contribution in [0.2, 0.25) is 0 Å². The maximum atomic E-state index is 12.3. The number of likely N-dealkylation sites (N-methyl/N-ethyl adjacent to an activating group) is 1. The first-order valence-electron chi connectivity index (χ1n) is 6.86. The molecule has 0 radical (unpaired) electrons. The summed E-state index contributed by atoms with van der Waals surface area (Å²) in [7, 11) is -2.23. The van der Waals surface area contributed by atoms with E-state index in [-0.39, 0.29) is 17.3 Å². The van der Waals surface area contributed by atoms with Crippen molar-refractivity contribution in [2.75, 3.05) is 20.1 Å². The molecule has 5 nitrogen and oxygen atoms in total. The average molecular weight is 377 g/mol. The number of rotatable bonds is 8. The fourth-order valence-corrected chi connectivity index (χ4v) is 3.12. The first kappa shape index (κ1) is 18.1. The van der Waals surface area contributed by atoms with E-state index in [0.29, 0.717) is 6.54 Å². The number of halogens is 1. The zero-order chi connectivity index (χ0) is 15.9. The zero-order valence-corrected chi connectivity index (χ0v) is 14.7. The van der Waals surface area contributed by atoms with E-state index in [1.807, 2.05) is 0 Å². The van der Waals surface area contributed by atoms with Crippen molar-refractivity contribution < 1.29 is 13.2 Å². The molecule has 0 aromatic heterocycles. The molecule has 21 heavy (non-hydrogen) atoms. The molecule has 0 fully saturated rings. The van der Waals surface area contributed by atoms with Crippen molar-refractivity contribution in [3.63, 3.8) is 0 Å². The Balaban J connectivity index is 2.59. The van der Waals surface area contributed by atoms with Crippen LogP contribution >= 0.6 is 15.9 Å². The molecule has 0 saturated heterocycles. The Morgan fingerprint density at radius 2 is 1.86 bits per heavy atom. The quantitative estimate of drug-likeness (QED) is 0.708. The number of nitrogens with one attached hydrogen (secondary N) is 1. The lowest BCUT2D eigenvalue weighted by molar-refractivity contribution is -0.121. The van der Waals surface area contributed by atoms with E-state index in [9.17, 15) is 13.2 Å². The Kier molecular flexibility index (Phi) is 7.34. The molecule has 1 aromatic carbocycles. The van der Waals surface area contributed by atoms with Crippen molar-refractivity contribution in [1.82, 2.24) is 9.62 Å². The van der Waals surface area contributed by atoms with Crippen LogP contribution in [0.4, 0.5) is 0 Å². The summed E-state index contributed by atoms with van der Waals surface area (Å²) in [5, 5.41) is 2.73. The Hall–Kier alpha value is -0.920. The molecule has 1 rings (SSSR count). The number of nitrogens with zero attached hydrogens (tertiary/aromatic N) is 1. The fraction of sp³-hybridized carbons (Fsp3) is 0.500. The van der Waals surface area contributed by atoms with Gasteiger partial charge in [-0.15, -0.1) is 0 Å². The summed E-state index contributed by atoms with van der Waals surface area (Å²) in [6, 6.07) is 6.33. The third kappa shape index (κ3) is 5.76. The SMILES string of the molecule is CCCCCNC(=O)CN(C)S(=O)(=O)c1ccc(Br)cc1. The number of hydrogen-bond donors (Lipinski definition) is 1.